The van der Waals surface area contributed by atoms with Gasteiger partial charge in [0.2, 0.25) is 11.8 Å². The van der Waals surface area contributed by atoms with E-state index in [1.807, 2.05) is 42.3 Å². The van der Waals surface area contributed by atoms with Crippen molar-refractivity contribution < 1.29 is 24.3 Å². The lowest BCUT2D eigenvalue weighted by atomic mass is 9.95. The number of carbonyl (C=O) groups is 4. The third kappa shape index (κ3) is 8.26. The first kappa shape index (κ1) is 29.6. The first-order valence-corrected chi connectivity index (χ1v) is 13.3. The van der Waals surface area contributed by atoms with Gasteiger partial charge in [-0.25, -0.2) is 4.98 Å². The van der Waals surface area contributed by atoms with E-state index in [1.165, 1.54) is 19.4 Å². The molecule has 5 N–H and O–H groups in total. The Morgan fingerprint density at radius 1 is 1.13 bits per heavy atom. The smallest absolute Gasteiger partial charge is 0.240 e. The number of aromatic amines is 1. The number of nitrogens with zero attached hydrogens (tertiary/aromatic N) is 2. The first-order chi connectivity index (χ1) is 18.2. The zero-order chi connectivity index (χ0) is 27.7. The van der Waals surface area contributed by atoms with Crippen LogP contribution >= 0.6 is 9.39 Å². The average molecular weight is 545 g/mol. The number of H-pyrrole nitrogens is 1. The Balaban J connectivity index is 1.76. The highest BCUT2D eigenvalue weighted by Crippen LogP contribution is 2.16. The number of carbonyl (C=O) groups excluding carboxylic acids is 4. The summed E-state index contributed by atoms with van der Waals surface area (Å²) in [6.45, 7) is 2.26. The van der Waals surface area contributed by atoms with E-state index in [1.54, 1.807) is 0 Å². The highest BCUT2D eigenvalue weighted by atomic mass is 31.0. The van der Waals surface area contributed by atoms with Crippen LogP contribution in [0.15, 0.2) is 42.9 Å². The van der Waals surface area contributed by atoms with Crippen molar-refractivity contribution in [3.63, 3.8) is 0 Å². The van der Waals surface area contributed by atoms with Crippen LogP contribution in [-0.2, 0) is 32.0 Å². The fraction of sp³-hybridized carbons (Fsp3) is 0.500. The summed E-state index contributed by atoms with van der Waals surface area (Å²) in [4.78, 5) is 61.4. The molecule has 2 heterocycles. The van der Waals surface area contributed by atoms with Gasteiger partial charge in [0, 0.05) is 18.3 Å². The average Bonchev–Trinajstić information content (AvgIpc) is 3.55. The highest BCUT2D eigenvalue weighted by molar-refractivity contribution is 7.13. The number of hydrogen-bond donors (Lipinski definition) is 5. The summed E-state index contributed by atoms with van der Waals surface area (Å²) >= 11 is 0. The molecule has 38 heavy (non-hydrogen) atoms. The van der Waals surface area contributed by atoms with E-state index in [2.05, 4.69) is 35.1 Å². The normalized spacial score (nSPS) is 18.8. The molecule has 12 heteroatoms. The second-order valence-electron chi connectivity index (χ2n) is 9.73. The van der Waals surface area contributed by atoms with Crippen LogP contribution in [-0.4, -0.2) is 87.2 Å². The molecule has 206 valence electrons. The maximum Gasteiger partial charge on any atom is 0.240 e. The topological polar surface area (TPSA) is 157 Å². The fourth-order valence-electron chi connectivity index (χ4n) is 4.58. The van der Waals surface area contributed by atoms with E-state index >= 15 is 0 Å². The van der Waals surface area contributed by atoms with Gasteiger partial charge in [0.05, 0.1) is 37.0 Å². The van der Waals surface area contributed by atoms with E-state index < -0.39 is 48.1 Å². The Hall–Kier alpha value is -2.98. The minimum atomic E-state index is -1.04. The van der Waals surface area contributed by atoms with E-state index in [0.717, 1.165) is 18.5 Å². The van der Waals surface area contributed by atoms with Crippen molar-refractivity contribution in [3.05, 3.63) is 54.1 Å². The lowest BCUT2D eigenvalue weighted by molar-refractivity contribution is -0.135. The molecule has 1 aliphatic heterocycles. The van der Waals surface area contributed by atoms with E-state index in [-0.39, 0.29) is 24.8 Å². The number of aromatic nitrogens is 2. The van der Waals surface area contributed by atoms with E-state index in [0.29, 0.717) is 12.1 Å². The number of rotatable bonds is 14. The number of likely N-dealkylation sites (N-methyl/N-ethyl adjacent to an activating group) is 1. The Morgan fingerprint density at radius 3 is 2.37 bits per heavy atom. The fourth-order valence-corrected chi connectivity index (χ4v) is 5.01. The first-order valence-electron chi connectivity index (χ1n) is 12.7. The lowest BCUT2D eigenvalue weighted by Gasteiger charge is -2.25. The second kappa shape index (κ2) is 14.2. The van der Waals surface area contributed by atoms with Crippen LogP contribution in [0.3, 0.4) is 0 Å². The molecule has 2 aromatic rings. The van der Waals surface area contributed by atoms with Crippen molar-refractivity contribution in [1.29, 1.82) is 0 Å². The van der Waals surface area contributed by atoms with Crippen molar-refractivity contribution in [2.24, 2.45) is 0 Å². The Labute approximate surface area is 224 Å². The molecule has 1 aromatic heterocycles. The minimum absolute atomic E-state index is 0.0871. The molecule has 1 aliphatic rings. The van der Waals surface area contributed by atoms with Crippen molar-refractivity contribution in [2.75, 3.05) is 13.6 Å². The number of amides is 2. The summed E-state index contributed by atoms with van der Waals surface area (Å²) in [7, 11) is 4.05. The van der Waals surface area contributed by atoms with Crippen LogP contribution in [0.5, 0.6) is 0 Å². The number of aliphatic hydroxyl groups excluding tert-OH is 1. The molecular weight excluding hydrogens is 507 g/mol. The molecule has 1 aromatic carbocycles. The predicted octanol–water partition coefficient (Wildman–Crippen LogP) is -0.0839. The number of aliphatic hydroxyl groups is 1. The van der Waals surface area contributed by atoms with Gasteiger partial charge in [-0.15, -0.1) is 0 Å². The van der Waals surface area contributed by atoms with Gasteiger partial charge >= 0.3 is 0 Å². The summed E-state index contributed by atoms with van der Waals surface area (Å²) in [6.07, 6.45) is 3.43. The van der Waals surface area contributed by atoms with Crippen molar-refractivity contribution >= 4 is 32.8 Å². The van der Waals surface area contributed by atoms with Gasteiger partial charge in [0.25, 0.3) is 0 Å². The molecule has 0 bridgehead atoms. The standard InChI is InChI=1S/C26H37N6O5P/c1-16(33)24(31-38)26(37)30-20(12-18-14-27-15-28-18)23(35)13-22(34)19(11-17-7-4-3-5-8-17)29-25(36)21-9-6-10-32(21)2/h3-5,7-8,14-16,19-21,24,31,33H,6,9-13,38H2,1-2H3,(H,27,28)(H,29,36)(H,30,37)/t16-,19+,20+,21+,24+/m1/s1. The maximum absolute atomic E-state index is 13.4. The zero-order valence-corrected chi connectivity index (χ0v) is 22.9. The quantitative estimate of drug-likeness (QED) is 0.163. The Morgan fingerprint density at radius 2 is 1.82 bits per heavy atom. The largest absolute Gasteiger partial charge is 0.391 e. The molecule has 1 unspecified atom stereocenters. The monoisotopic (exact) mass is 544 g/mol. The number of benzene rings is 1. The van der Waals surface area contributed by atoms with Crippen LogP contribution in [0.4, 0.5) is 0 Å². The molecule has 0 spiro atoms. The number of likely N-dealkylation sites (tertiary alicyclic amines) is 1. The number of nitrogens with one attached hydrogen (secondary N) is 4. The van der Waals surface area contributed by atoms with Gasteiger partial charge in [0.1, 0.15) is 6.04 Å². The molecule has 2 amide bonds. The maximum atomic E-state index is 13.4. The Bertz CT molecular complexity index is 1080. The van der Waals surface area contributed by atoms with Crippen LogP contribution in [0.1, 0.15) is 37.4 Å². The number of imidazole rings is 1. The summed E-state index contributed by atoms with van der Waals surface area (Å²) in [5, 5.41) is 18.1. The van der Waals surface area contributed by atoms with E-state index in [4.69, 9.17) is 0 Å². The molecule has 1 fully saturated rings. The second-order valence-corrected chi connectivity index (χ2v) is 10.1. The number of Topliss-reactive ketones (excluding diaryl/α,β-unsaturated/α-hetero) is 2. The van der Waals surface area contributed by atoms with Gasteiger partial charge in [-0.2, -0.15) is 0 Å². The van der Waals surface area contributed by atoms with Crippen LogP contribution in [0.2, 0.25) is 0 Å². The van der Waals surface area contributed by atoms with Crippen molar-refractivity contribution in [2.45, 2.75) is 69.3 Å². The van der Waals surface area contributed by atoms with Gasteiger partial charge in [0.15, 0.2) is 11.6 Å². The third-order valence-electron chi connectivity index (χ3n) is 6.79. The van der Waals surface area contributed by atoms with Crippen LogP contribution < -0.4 is 15.7 Å². The van der Waals surface area contributed by atoms with Crippen molar-refractivity contribution in [1.82, 2.24) is 30.6 Å². The molecule has 6 atom stereocenters. The van der Waals surface area contributed by atoms with Crippen molar-refractivity contribution in [3.8, 4) is 0 Å². The zero-order valence-electron chi connectivity index (χ0n) is 21.7. The molecule has 0 radical (unpaired) electrons. The summed E-state index contributed by atoms with van der Waals surface area (Å²) < 4.78 is 0. The SMILES string of the molecule is C[C@@H](O)[C@H](NP)C(=O)N[C@@H](Cc1cnc[nH]1)C(=O)CC(=O)[C@H](Cc1ccccc1)NC(=O)[C@@H]1CCCN1C. The molecule has 0 saturated carbocycles. The molecule has 0 aliphatic carbocycles. The highest BCUT2D eigenvalue weighted by Gasteiger charge is 2.33. The Kier molecular flexibility index (Phi) is 11.1. The predicted molar refractivity (Wildman–Crippen MR) is 145 cm³/mol. The summed E-state index contributed by atoms with van der Waals surface area (Å²) in [6, 6.07) is 6.06. The van der Waals surface area contributed by atoms with Gasteiger partial charge in [-0.1, -0.05) is 39.7 Å². The lowest BCUT2D eigenvalue weighted by Crippen LogP contribution is -2.54. The number of ketones is 2. The molecule has 11 nitrogen and oxygen atoms in total. The van der Waals surface area contributed by atoms with Gasteiger partial charge in [-0.3, -0.25) is 29.2 Å². The molecule has 3 rings (SSSR count). The summed E-state index contributed by atoms with van der Waals surface area (Å²) in [5.74, 6) is -1.76. The van der Waals surface area contributed by atoms with Gasteiger partial charge < -0.3 is 20.7 Å². The van der Waals surface area contributed by atoms with E-state index in [9.17, 15) is 24.3 Å². The van der Waals surface area contributed by atoms with Crippen LogP contribution in [0.25, 0.3) is 0 Å². The summed E-state index contributed by atoms with van der Waals surface area (Å²) in [5.41, 5.74) is 1.45. The number of hydrogen-bond acceptors (Lipinski definition) is 8. The minimum Gasteiger partial charge on any atom is -0.391 e. The van der Waals surface area contributed by atoms with Gasteiger partial charge in [-0.05, 0) is 45.3 Å². The molecular formula is C26H37N6O5P. The van der Waals surface area contributed by atoms with Crippen LogP contribution in [0, 0.1) is 0 Å². The molecule has 1 saturated heterocycles. The third-order valence-corrected chi connectivity index (χ3v) is 7.15.